The van der Waals surface area contributed by atoms with Gasteiger partial charge in [0.05, 0.1) is 11.4 Å². The van der Waals surface area contributed by atoms with E-state index in [1.54, 1.807) is 0 Å². The first-order valence-corrected chi connectivity index (χ1v) is 6.03. The van der Waals surface area contributed by atoms with Crippen LogP contribution in [0.4, 0.5) is 3.89 Å². The fourth-order valence-electron chi connectivity index (χ4n) is 1.74. The zero-order valence-electron chi connectivity index (χ0n) is 7.70. The van der Waals surface area contributed by atoms with Crippen molar-refractivity contribution in [3.8, 4) is 0 Å². The van der Waals surface area contributed by atoms with Crippen molar-refractivity contribution >= 4 is 10.2 Å². The van der Waals surface area contributed by atoms with Crippen LogP contribution in [0.3, 0.4) is 0 Å². The SMILES string of the molecule is CCOC1CCCC(S(=O)(=O)F)C1. The van der Waals surface area contributed by atoms with Crippen molar-refractivity contribution < 1.29 is 17.0 Å². The smallest absolute Gasteiger partial charge is 0.305 e. The molecule has 1 rings (SSSR count). The minimum absolute atomic E-state index is 0.0747. The lowest BCUT2D eigenvalue weighted by atomic mass is 9.97. The zero-order valence-corrected chi connectivity index (χ0v) is 8.52. The monoisotopic (exact) mass is 210 g/mol. The van der Waals surface area contributed by atoms with Gasteiger partial charge in [0.15, 0.2) is 0 Å². The fraction of sp³-hybridized carbons (Fsp3) is 1.00. The average Bonchev–Trinajstić information content (AvgIpc) is 2.04. The highest BCUT2D eigenvalue weighted by atomic mass is 32.3. The van der Waals surface area contributed by atoms with Crippen LogP contribution in [0.25, 0.3) is 0 Å². The molecule has 0 aromatic carbocycles. The lowest BCUT2D eigenvalue weighted by Gasteiger charge is -2.26. The van der Waals surface area contributed by atoms with Crippen LogP contribution in [-0.4, -0.2) is 26.4 Å². The van der Waals surface area contributed by atoms with Crippen LogP contribution in [-0.2, 0) is 15.0 Å². The third-order valence-corrected chi connectivity index (χ3v) is 3.60. The third kappa shape index (κ3) is 3.23. The summed E-state index contributed by atoms with van der Waals surface area (Å²) in [6.07, 6.45) is 2.25. The Morgan fingerprint density at radius 1 is 1.46 bits per heavy atom. The molecule has 0 aromatic heterocycles. The molecule has 0 N–H and O–H groups in total. The van der Waals surface area contributed by atoms with E-state index in [1.165, 1.54) is 0 Å². The van der Waals surface area contributed by atoms with Gasteiger partial charge in [0.2, 0.25) is 0 Å². The van der Waals surface area contributed by atoms with Crippen molar-refractivity contribution in [2.75, 3.05) is 6.61 Å². The molecule has 1 aliphatic carbocycles. The van der Waals surface area contributed by atoms with Gasteiger partial charge in [-0.1, -0.05) is 0 Å². The average molecular weight is 210 g/mol. The topological polar surface area (TPSA) is 43.4 Å². The molecule has 78 valence electrons. The van der Waals surface area contributed by atoms with Crippen LogP contribution >= 0.6 is 0 Å². The van der Waals surface area contributed by atoms with Gasteiger partial charge in [0.1, 0.15) is 0 Å². The van der Waals surface area contributed by atoms with Gasteiger partial charge in [-0.05, 0) is 32.6 Å². The zero-order chi connectivity index (χ0) is 9.90. The van der Waals surface area contributed by atoms with Crippen molar-refractivity contribution in [2.24, 2.45) is 0 Å². The summed E-state index contributed by atoms with van der Waals surface area (Å²) in [5.74, 6) is 0. The number of rotatable bonds is 3. The molecule has 1 fully saturated rings. The first-order chi connectivity index (χ1) is 6.04. The Morgan fingerprint density at radius 3 is 2.69 bits per heavy atom. The Morgan fingerprint density at radius 2 is 2.15 bits per heavy atom. The van der Waals surface area contributed by atoms with Crippen molar-refractivity contribution in [3.63, 3.8) is 0 Å². The molecule has 1 aliphatic rings. The number of halogens is 1. The molecule has 1 saturated carbocycles. The second-order valence-corrected chi connectivity index (χ2v) is 4.96. The van der Waals surface area contributed by atoms with Gasteiger partial charge >= 0.3 is 10.2 Å². The second-order valence-electron chi connectivity index (χ2n) is 3.34. The molecule has 0 saturated heterocycles. The normalized spacial score (nSPS) is 30.3. The fourth-order valence-corrected chi connectivity index (χ4v) is 2.64. The van der Waals surface area contributed by atoms with Gasteiger partial charge in [-0.3, -0.25) is 0 Å². The van der Waals surface area contributed by atoms with Gasteiger partial charge in [0.25, 0.3) is 0 Å². The molecule has 13 heavy (non-hydrogen) atoms. The van der Waals surface area contributed by atoms with E-state index in [-0.39, 0.29) is 6.10 Å². The Labute approximate surface area is 78.5 Å². The molecular formula is C8H15FO3S. The largest absolute Gasteiger partial charge is 0.378 e. The summed E-state index contributed by atoms with van der Waals surface area (Å²) in [6.45, 7) is 2.41. The minimum Gasteiger partial charge on any atom is -0.378 e. The molecular weight excluding hydrogens is 195 g/mol. The summed E-state index contributed by atoms with van der Waals surface area (Å²) in [5.41, 5.74) is 0. The van der Waals surface area contributed by atoms with Crippen LogP contribution in [0.15, 0.2) is 0 Å². The molecule has 0 radical (unpaired) electrons. The molecule has 2 unspecified atom stereocenters. The quantitative estimate of drug-likeness (QED) is 0.665. The molecule has 3 nitrogen and oxygen atoms in total. The predicted molar refractivity (Wildman–Crippen MR) is 47.7 cm³/mol. The van der Waals surface area contributed by atoms with Crippen LogP contribution in [0.5, 0.6) is 0 Å². The standard InChI is InChI=1S/C8H15FO3S/c1-2-12-7-4-3-5-8(6-7)13(9,10)11/h7-8H,2-6H2,1H3. The number of ether oxygens (including phenoxy) is 1. The Bertz CT molecular complexity index is 248. The molecule has 2 atom stereocenters. The van der Waals surface area contributed by atoms with Crippen LogP contribution in [0.2, 0.25) is 0 Å². The summed E-state index contributed by atoms with van der Waals surface area (Å²) >= 11 is 0. The first kappa shape index (κ1) is 10.9. The molecule has 0 spiro atoms. The summed E-state index contributed by atoms with van der Waals surface area (Å²) in [5, 5.41) is -0.835. The van der Waals surface area contributed by atoms with Crippen molar-refractivity contribution in [1.82, 2.24) is 0 Å². The maximum atomic E-state index is 12.6. The minimum atomic E-state index is -4.36. The summed E-state index contributed by atoms with van der Waals surface area (Å²) in [6, 6.07) is 0. The van der Waals surface area contributed by atoms with E-state index >= 15 is 0 Å². The maximum absolute atomic E-state index is 12.6. The highest BCUT2D eigenvalue weighted by molar-refractivity contribution is 7.87. The lowest BCUT2D eigenvalue weighted by Crippen LogP contribution is -2.30. The highest BCUT2D eigenvalue weighted by Gasteiger charge is 2.31. The number of hydrogen-bond acceptors (Lipinski definition) is 3. The molecule has 5 heteroatoms. The molecule has 0 bridgehead atoms. The van der Waals surface area contributed by atoms with Crippen molar-refractivity contribution in [2.45, 2.75) is 44.0 Å². The van der Waals surface area contributed by atoms with Gasteiger partial charge in [-0.25, -0.2) is 0 Å². The second kappa shape index (κ2) is 4.37. The molecule has 0 heterocycles. The maximum Gasteiger partial charge on any atom is 0.305 e. The van der Waals surface area contributed by atoms with E-state index in [2.05, 4.69) is 0 Å². The van der Waals surface area contributed by atoms with E-state index in [0.717, 1.165) is 12.8 Å². The van der Waals surface area contributed by atoms with Crippen molar-refractivity contribution in [3.05, 3.63) is 0 Å². The van der Waals surface area contributed by atoms with E-state index in [4.69, 9.17) is 4.74 Å². The Kier molecular flexibility index (Phi) is 3.67. The number of hydrogen-bond donors (Lipinski definition) is 0. The van der Waals surface area contributed by atoms with Crippen LogP contribution in [0.1, 0.15) is 32.6 Å². The molecule has 0 aromatic rings. The van der Waals surface area contributed by atoms with Gasteiger partial charge in [-0.15, -0.1) is 3.89 Å². The molecule has 0 aliphatic heterocycles. The third-order valence-electron chi connectivity index (χ3n) is 2.38. The van der Waals surface area contributed by atoms with Crippen molar-refractivity contribution in [1.29, 1.82) is 0 Å². The summed E-state index contributed by atoms with van der Waals surface area (Å²) in [4.78, 5) is 0. The van der Waals surface area contributed by atoms with Crippen LogP contribution < -0.4 is 0 Å². The van der Waals surface area contributed by atoms with Gasteiger partial charge in [-0.2, -0.15) is 8.42 Å². The summed E-state index contributed by atoms with van der Waals surface area (Å²) < 4.78 is 39.1. The summed E-state index contributed by atoms with van der Waals surface area (Å²) in [7, 11) is -4.36. The van der Waals surface area contributed by atoms with Gasteiger partial charge in [0, 0.05) is 6.61 Å². The first-order valence-electron chi connectivity index (χ1n) is 4.59. The lowest BCUT2D eigenvalue weighted by molar-refractivity contribution is 0.0374. The van der Waals surface area contributed by atoms with Gasteiger partial charge < -0.3 is 4.74 Å². The van der Waals surface area contributed by atoms with E-state index < -0.39 is 15.5 Å². The molecule has 0 amide bonds. The van der Waals surface area contributed by atoms with E-state index in [9.17, 15) is 12.3 Å². The Hall–Kier alpha value is -0.160. The van der Waals surface area contributed by atoms with E-state index in [1.807, 2.05) is 6.92 Å². The van der Waals surface area contributed by atoms with Crippen LogP contribution in [0, 0.1) is 0 Å². The Balaban J connectivity index is 2.52. The predicted octanol–water partition coefficient (Wildman–Crippen LogP) is 1.63. The highest BCUT2D eigenvalue weighted by Crippen LogP contribution is 2.26. The van der Waals surface area contributed by atoms with E-state index in [0.29, 0.717) is 19.4 Å².